The van der Waals surface area contributed by atoms with Gasteiger partial charge in [0.05, 0.1) is 12.6 Å². The van der Waals surface area contributed by atoms with E-state index in [-0.39, 0.29) is 24.3 Å². The standard InChI is InChI=1S/C13H25N3O2S/c1-8(2)12(14)13(18)15-5-11(17)16-6-9(3)19-10(4)7-16/h8-10,12H,5-7,14H2,1-4H3,(H,15,18)/t9?,10?,12-/m0/s1. The van der Waals surface area contributed by atoms with Crippen molar-refractivity contribution in [3.05, 3.63) is 0 Å². The van der Waals surface area contributed by atoms with Crippen LogP contribution in [0.3, 0.4) is 0 Å². The Morgan fingerprint density at radius 1 is 1.32 bits per heavy atom. The van der Waals surface area contributed by atoms with Gasteiger partial charge in [0.2, 0.25) is 11.8 Å². The molecule has 5 nitrogen and oxygen atoms in total. The Balaban J connectivity index is 2.41. The Bertz CT molecular complexity index is 326. The normalized spacial score (nSPS) is 25.3. The maximum absolute atomic E-state index is 12.0. The lowest BCUT2D eigenvalue weighted by Gasteiger charge is -2.34. The van der Waals surface area contributed by atoms with Gasteiger partial charge in [-0.25, -0.2) is 0 Å². The molecule has 3 N–H and O–H groups in total. The number of hydrogen-bond donors (Lipinski definition) is 2. The zero-order valence-electron chi connectivity index (χ0n) is 12.2. The molecule has 2 unspecified atom stereocenters. The highest BCUT2D eigenvalue weighted by molar-refractivity contribution is 8.00. The third-order valence-electron chi connectivity index (χ3n) is 3.21. The van der Waals surface area contributed by atoms with E-state index in [0.29, 0.717) is 10.5 Å². The predicted molar refractivity (Wildman–Crippen MR) is 78.9 cm³/mol. The first kappa shape index (κ1) is 16.3. The van der Waals surface area contributed by atoms with E-state index in [4.69, 9.17) is 5.73 Å². The molecular formula is C13H25N3O2S. The van der Waals surface area contributed by atoms with Gasteiger partial charge in [0.15, 0.2) is 0 Å². The van der Waals surface area contributed by atoms with Crippen molar-refractivity contribution in [3.8, 4) is 0 Å². The highest BCUT2D eigenvalue weighted by Crippen LogP contribution is 2.24. The fourth-order valence-corrected chi connectivity index (χ4v) is 3.40. The van der Waals surface area contributed by atoms with E-state index < -0.39 is 6.04 Å². The molecule has 0 radical (unpaired) electrons. The van der Waals surface area contributed by atoms with Crippen LogP contribution in [0.5, 0.6) is 0 Å². The number of thioether (sulfide) groups is 1. The van der Waals surface area contributed by atoms with Crippen LogP contribution in [0.2, 0.25) is 0 Å². The molecule has 1 aliphatic rings. The molecule has 3 atom stereocenters. The molecule has 1 heterocycles. The quantitative estimate of drug-likeness (QED) is 0.786. The first-order valence-corrected chi connectivity index (χ1v) is 7.72. The average Bonchev–Trinajstić information content (AvgIpc) is 2.33. The van der Waals surface area contributed by atoms with Crippen molar-refractivity contribution < 1.29 is 9.59 Å². The lowest BCUT2D eigenvalue weighted by atomic mass is 10.1. The Hall–Kier alpha value is -0.750. The molecular weight excluding hydrogens is 262 g/mol. The van der Waals surface area contributed by atoms with Gasteiger partial charge in [-0.1, -0.05) is 27.7 Å². The summed E-state index contributed by atoms with van der Waals surface area (Å²) in [7, 11) is 0. The van der Waals surface area contributed by atoms with E-state index in [1.807, 2.05) is 30.5 Å². The summed E-state index contributed by atoms with van der Waals surface area (Å²) in [5.74, 6) is -0.208. The predicted octanol–water partition coefficient (Wildman–Crippen LogP) is 0.438. The summed E-state index contributed by atoms with van der Waals surface area (Å²) in [6, 6.07) is -0.553. The van der Waals surface area contributed by atoms with Crippen LogP contribution in [0.15, 0.2) is 0 Å². The van der Waals surface area contributed by atoms with E-state index in [0.717, 1.165) is 13.1 Å². The molecule has 1 fully saturated rings. The Kier molecular flexibility index (Phi) is 6.13. The fraction of sp³-hybridized carbons (Fsp3) is 0.846. The second kappa shape index (κ2) is 7.14. The Morgan fingerprint density at radius 3 is 2.32 bits per heavy atom. The molecule has 0 aromatic rings. The summed E-state index contributed by atoms with van der Waals surface area (Å²) in [5.41, 5.74) is 5.73. The van der Waals surface area contributed by atoms with Crippen LogP contribution in [-0.4, -0.2) is 52.9 Å². The van der Waals surface area contributed by atoms with E-state index in [2.05, 4.69) is 19.2 Å². The van der Waals surface area contributed by atoms with Crippen LogP contribution < -0.4 is 11.1 Å². The van der Waals surface area contributed by atoms with Crippen molar-refractivity contribution in [2.45, 2.75) is 44.2 Å². The highest BCUT2D eigenvalue weighted by atomic mass is 32.2. The number of nitrogens with one attached hydrogen (secondary N) is 1. The monoisotopic (exact) mass is 287 g/mol. The Labute approximate surface area is 119 Å². The van der Waals surface area contributed by atoms with E-state index in [1.54, 1.807) is 0 Å². The van der Waals surface area contributed by atoms with Crippen LogP contribution in [0.1, 0.15) is 27.7 Å². The molecule has 0 aromatic heterocycles. The summed E-state index contributed by atoms with van der Waals surface area (Å²) in [6.07, 6.45) is 0. The largest absolute Gasteiger partial charge is 0.346 e. The maximum Gasteiger partial charge on any atom is 0.242 e. The van der Waals surface area contributed by atoms with Gasteiger partial charge in [-0.2, -0.15) is 11.8 Å². The Morgan fingerprint density at radius 2 is 1.84 bits per heavy atom. The second-order valence-corrected chi connectivity index (χ2v) is 7.43. The van der Waals surface area contributed by atoms with Gasteiger partial charge in [-0.3, -0.25) is 9.59 Å². The topological polar surface area (TPSA) is 75.4 Å². The molecule has 0 bridgehead atoms. The van der Waals surface area contributed by atoms with Gasteiger partial charge in [0.25, 0.3) is 0 Å². The molecule has 2 amide bonds. The molecule has 0 saturated carbocycles. The second-order valence-electron chi connectivity index (χ2n) is 5.54. The molecule has 1 rings (SSSR count). The molecule has 19 heavy (non-hydrogen) atoms. The summed E-state index contributed by atoms with van der Waals surface area (Å²) in [4.78, 5) is 25.6. The SMILES string of the molecule is CC1CN(C(=O)CNC(=O)[C@@H](N)C(C)C)CC(C)S1. The van der Waals surface area contributed by atoms with E-state index in [1.165, 1.54) is 0 Å². The van der Waals surface area contributed by atoms with Crippen LogP contribution in [0.4, 0.5) is 0 Å². The van der Waals surface area contributed by atoms with Gasteiger partial charge < -0.3 is 16.0 Å². The third kappa shape index (κ3) is 5.03. The van der Waals surface area contributed by atoms with Gasteiger partial charge in [0, 0.05) is 23.6 Å². The summed E-state index contributed by atoms with van der Waals surface area (Å²) in [5, 5.41) is 3.52. The summed E-state index contributed by atoms with van der Waals surface area (Å²) in [6.45, 7) is 9.56. The summed E-state index contributed by atoms with van der Waals surface area (Å²) < 4.78 is 0. The minimum Gasteiger partial charge on any atom is -0.346 e. The fourth-order valence-electron chi connectivity index (χ4n) is 2.08. The van der Waals surface area contributed by atoms with Gasteiger partial charge in [-0.05, 0) is 5.92 Å². The first-order valence-electron chi connectivity index (χ1n) is 6.77. The van der Waals surface area contributed by atoms with Crippen molar-refractivity contribution in [2.75, 3.05) is 19.6 Å². The van der Waals surface area contributed by atoms with Crippen LogP contribution >= 0.6 is 11.8 Å². The lowest BCUT2D eigenvalue weighted by molar-refractivity contribution is -0.133. The lowest BCUT2D eigenvalue weighted by Crippen LogP contribution is -2.50. The number of rotatable bonds is 4. The van der Waals surface area contributed by atoms with Gasteiger partial charge >= 0.3 is 0 Å². The number of carbonyl (C=O) groups excluding carboxylic acids is 2. The molecule has 1 saturated heterocycles. The van der Waals surface area contributed by atoms with Crippen LogP contribution in [-0.2, 0) is 9.59 Å². The minimum absolute atomic E-state index is 0.0247. The molecule has 0 aromatic carbocycles. The molecule has 6 heteroatoms. The number of amides is 2. The number of nitrogens with zero attached hydrogens (tertiary/aromatic N) is 1. The third-order valence-corrected chi connectivity index (χ3v) is 4.43. The van der Waals surface area contributed by atoms with Gasteiger partial charge in [0.1, 0.15) is 0 Å². The molecule has 0 aliphatic carbocycles. The number of nitrogens with two attached hydrogens (primary N) is 1. The average molecular weight is 287 g/mol. The minimum atomic E-state index is -0.553. The number of carbonyl (C=O) groups is 2. The van der Waals surface area contributed by atoms with Crippen LogP contribution in [0, 0.1) is 5.92 Å². The summed E-state index contributed by atoms with van der Waals surface area (Å²) >= 11 is 1.89. The number of hydrogen-bond acceptors (Lipinski definition) is 4. The zero-order valence-corrected chi connectivity index (χ0v) is 13.0. The van der Waals surface area contributed by atoms with Crippen molar-refractivity contribution in [1.29, 1.82) is 0 Å². The molecule has 0 spiro atoms. The van der Waals surface area contributed by atoms with Crippen LogP contribution in [0.25, 0.3) is 0 Å². The van der Waals surface area contributed by atoms with E-state index in [9.17, 15) is 9.59 Å². The van der Waals surface area contributed by atoms with Crippen molar-refractivity contribution >= 4 is 23.6 Å². The van der Waals surface area contributed by atoms with Gasteiger partial charge in [-0.15, -0.1) is 0 Å². The molecule has 1 aliphatic heterocycles. The first-order chi connectivity index (χ1) is 8.81. The highest BCUT2D eigenvalue weighted by Gasteiger charge is 2.26. The van der Waals surface area contributed by atoms with Crippen molar-refractivity contribution in [2.24, 2.45) is 11.7 Å². The van der Waals surface area contributed by atoms with E-state index >= 15 is 0 Å². The van der Waals surface area contributed by atoms with Crippen molar-refractivity contribution in [3.63, 3.8) is 0 Å². The van der Waals surface area contributed by atoms with Crippen molar-refractivity contribution in [1.82, 2.24) is 10.2 Å². The maximum atomic E-state index is 12.0. The molecule has 110 valence electrons. The zero-order chi connectivity index (χ0) is 14.6. The smallest absolute Gasteiger partial charge is 0.242 e.